The van der Waals surface area contributed by atoms with Gasteiger partial charge in [0.05, 0.1) is 0 Å². The summed E-state index contributed by atoms with van der Waals surface area (Å²) in [6.45, 7) is 0.234. The average molecular weight is 260 g/mol. The van der Waals surface area contributed by atoms with Gasteiger partial charge < -0.3 is 15.1 Å². The fourth-order valence-electron chi connectivity index (χ4n) is 1.85. The third kappa shape index (κ3) is 2.79. The molecule has 1 aromatic heterocycles. The molecule has 0 amide bonds. The Kier molecular flexibility index (Phi) is 3.61. The largest absolute Gasteiger partial charge is 0.479 e. The lowest BCUT2D eigenvalue weighted by Gasteiger charge is -2.26. The van der Waals surface area contributed by atoms with Crippen LogP contribution in [0.1, 0.15) is 5.56 Å². The predicted octanol–water partition coefficient (Wildman–Crippen LogP) is 0.832. The number of aliphatic carboxylic acids is 2. The Morgan fingerprint density at radius 2 is 1.84 bits per heavy atom. The molecular formula is C13H12N2O4. The van der Waals surface area contributed by atoms with Gasteiger partial charge in [-0.1, -0.05) is 6.08 Å². The van der Waals surface area contributed by atoms with Gasteiger partial charge in [0, 0.05) is 25.1 Å². The third-order valence-electron chi connectivity index (χ3n) is 2.78. The summed E-state index contributed by atoms with van der Waals surface area (Å²) in [5, 5.41) is 17.8. The number of nitrogens with zero attached hydrogens (tertiary/aromatic N) is 2. The van der Waals surface area contributed by atoms with Crippen LogP contribution in [0.2, 0.25) is 0 Å². The Balaban J connectivity index is 2.15. The molecule has 0 bridgehead atoms. The number of aromatic nitrogens is 1. The van der Waals surface area contributed by atoms with Gasteiger partial charge in [-0.25, -0.2) is 9.59 Å². The topological polar surface area (TPSA) is 90.7 Å². The molecule has 6 nitrogen and oxygen atoms in total. The number of hydrogen-bond donors (Lipinski definition) is 2. The van der Waals surface area contributed by atoms with E-state index in [1.165, 1.54) is 11.1 Å². The van der Waals surface area contributed by atoms with Crippen LogP contribution < -0.4 is 0 Å². The van der Waals surface area contributed by atoms with Gasteiger partial charge in [0.15, 0.2) is 0 Å². The summed E-state index contributed by atoms with van der Waals surface area (Å²) in [4.78, 5) is 27.0. The highest BCUT2D eigenvalue weighted by Crippen LogP contribution is 2.20. The second-order valence-corrected chi connectivity index (χ2v) is 3.99. The monoisotopic (exact) mass is 260 g/mol. The molecule has 0 unspecified atom stereocenters. The van der Waals surface area contributed by atoms with Crippen molar-refractivity contribution in [1.82, 2.24) is 9.88 Å². The molecule has 0 atom stereocenters. The molecule has 2 N–H and O–H groups in total. The first-order chi connectivity index (χ1) is 9.09. The second-order valence-electron chi connectivity index (χ2n) is 3.99. The molecule has 6 heteroatoms. The average Bonchev–Trinajstić information content (AvgIpc) is 2.40. The second kappa shape index (κ2) is 5.34. The summed E-state index contributed by atoms with van der Waals surface area (Å²) in [6, 6.07) is 2.10. The molecule has 0 saturated heterocycles. The van der Waals surface area contributed by atoms with Crippen molar-refractivity contribution in [3.63, 3.8) is 0 Å². The minimum absolute atomic E-state index is 0.234. The zero-order chi connectivity index (χ0) is 13.8. The summed E-state index contributed by atoms with van der Waals surface area (Å²) >= 11 is 0. The van der Waals surface area contributed by atoms with Crippen molar-refractivity contribution in [2.24, 2.45) is 0 Å². The van der Waals surface area contributed by atoms with Crippen molar-refractivity contribution < 1.29 is 19.8 Å². The fourth-order valence-corrected chi connectivity index (χ4v) is 1.85. The van der Waals surface area contributed by atoms with E-state index in [0.29, 0.717) is 0 Å². The van der Waals surface area contributed by atoms with Gasteiger partial charge in [-0.2, -0.15) is 0 Å². The van der Waals surface area contributed by atoms with Gasteiger partial charge in [0.25, 0.3) is 0 Å². The van der Waals surface area contributed by atoms with E-state index in [-0.39, 0.29) is 6.54 Å². The van der Waals surface area contributed by atoms with Gasteiger partial charge >= 0.3 is 11.9 Å². The van der Waals surface area contributed by atoms with E-state index < -0.39 is 18.0 Å². The molecule has 0 aromatic carbocycles. The van der Waals surface area contributed by atoms with Crippen molar-refractivity contribution in [3.8, 4) is 0 Å². The van der Waals surface area contributed by atoms with Crippen LogP contribution in [0.3, 0.4) is 0 Å². The van der Waals surface area contributed by atoms with Crippen LogP contribution in [0, 0.1) is 0 Å². The Morgan fingerprint density at radius 3 is 2.32 bits per heavy atom. The summed E-state index contributed by atoms with van der Waals surface area (Å²) in [5.41, 5.74) is 1.86. The van der Waals surface area contributed by atoms with Gasteiger partial charge in [0.1, 0.15) is 0 Å². The number of rotatable bonds is 4. The number of carbonyl (C=O) groups is 2. The van der Waals surface area contributed by atoms with Crippen LogP contribution in [0.5, 0.6) is 0 Å². The predicted molar refractivity (Wildman–Crippen MR) is 67.1 cm³/mol. The highest BCUT2D eigenvalue weighted by Gasteiger charge is 2.31. The Morgan fingerprint density at radius 1 is 1.21 bits per heavy atom. The smallest absolute Gasteiger partial charge is 0.338 e. The quantitative estimate of drug-likeness (QED) is 0.779. The Bertz CT molecular complexity index is 537. The van der Waals surface area contributed by atoms with Crippen molar-refractivity contribution >= 4 is 17.5 Å². The molecule has 0 aliphatic carbocycles. The van der Waals surface area contributed by atoms with Crippen molar-refractivity contribution in [3.05, 3.63) is 48.4 Å². The number of pyridine rings is 1. The van der Waals surface area contributed by atoms with Crippen LogP contribution in [-0.4, -0.2) is 44.6 Å². The van der Waals surface area contributed by atoms with E-state index in [1.807, 2.05) is 12.1 Å². The lowest BCUT2D eigenvalue weighted by atomic mass is 10.0. The SMILES string of the molecule is O=C(O)C(C(=O)O)N1C=CC(c2ccncc2)=CC1. The van der Waals surface area contributed by atoms with Crippen molar-refractivity contribution in [2.75, 3.05) is 6.54 Å². The minimum atomic E-state index is -1.56. The zero-order valence-electron chi connectivity index (χ0n) is 9.93. The molecule has 2 heterocycles. The van der Waals surface area contributed by atoms with E-state index in [0.717, 1.165) is 11.1 Å². The van der Waals surface area contributed by atoms with Gasteiger partial charge in [-0.05, 0) is 29.3 Å². The van der Waals surface area contributed by atoms with Crippen LogP contribution >= 0.6 is 0 Å². The Hall–Kier alpha value is -2.63. The van der Waals surface area contributed by atoms with E-state index in [1.54, 1.807) is 24.5 Å². The summed E-state index contributed by atoms with van der Waals surface area (Å²) in [7, 11) is 0. The first kappa shape index (κ1) is 12.8. The van der Waals surface area contributed by atoms with Crippen LogP contribution in [-0.2, 0) is 9.59 Å². The number of hydrogen-bond acceptors (Lipinski definition) is 4. The summed E-state index contributed by atoms with van der Waals surface area (Å²) in [5.74, 6) is -2.75. The highest BCUT2D eigenvalue weighted by atomic mass is 16.4. The normalized spacial score (nSPS) is 14.4. The van der Waals surface area contributed by atoms with E-state index in [9.17, 15) is 9.59 Å². The van der Waals surface area contributed by atoms with Gasteiger partial charge in [0.2, 0.25) is 6.04 Å². The van der Waals surface area contributed by atoms with Crippen LogP contribution in [0.4, 0.5) is 0 Å². The zero-order valence-corrected chi connectivity index (χ0v) is 9.93. The molecule has 0 fully saturated rings. The van der Waals surface area contributed by atoms with Crippen LogP contribution in [0.15, 0.2) is 42.9 Å². The molecule has 2 rings (SSSR count). The first-order valence-electron chi connectivity index (χ1n) is 5.59. The lowest BCUT2D eigenvalue weighted by molar-refractivity contribution is -0.154. The van der Waals surface area contributed by atoms with Crippen LogP contribution in [0.25, 0.3) is 5.57 Å². The lowest BCUT2D eigenvalue weighted by Crippen LogP contribution is -2.44. The maximum atomic E-state index is 10.9. The molecular weight excluding hydrogens is 248 g/mol. The van der Waals surface area contributed by atoms with E-state index in [2.05, 4.69) is 4.98 Å². The van der Waals surface area contributed by atoms with Crippen molar-refractivity contribution in [2.45, 2.75) is 6.04 Å². The minimum Gasteiger partial charge on any atom is -0.479 e. The van der Waals surface area contributed by atoms with Gasteiger partial charge in [-0.15, -0.1) is 0 Å². The summed E-state index contributed by atoms with van der Waals surface area (Å²) in [6.07, 6.45) is 8.29. The van der Waals surface area contributed by atoms with Crippen molar-refractivity contribution in [1.29, 1.82) is 0 Å². The Labute approximate surface area is 109 Å². The van der Waals surface area contributed by atoms with Gasteiger partial charge in [-0.3, -0.25) is 4.98 Å². The molecule has 1 aromatic rings. The number of allylic oxidation sites excluding steroid dienone is 2. The molecule has 98 valence electrons. The number of carboxylic acids is 2. The molecule has 0 radical (unpaired) electrons. The van der Waals surface area contributed by atoms with E-state index >= 15 is 0 Å². The molecule has 1 aliphatic heterocycles. The summed E-state index contributed by atoms with van der Waals surface area (Å²) < 4.78 is 0. The molecule has 0 saturated carbocycles. The standard InChI is InChI=1S/C13H12N2O4/c16-12(17)11(13(18)19)15-7-3-10(4-8-15)9-1-5-14-6-2-9/h1-7,11H,8H2,(H,16,17)(H,18,19). The maximum Gasteiger partial charge on any atom is 0.338 e. The molecule has 19 heavy (non-hydrogen) atoms. The fraction of sp³-hybridized carbons (Fsp3) is 0.154. The number of carboxylic acid groups (broad SMARTS) is 2. The highest BCUT2D eigenvalue weighted by molar-refractivity contribution is 5.97. The first-order valence-corrected chi connectivity index (χ1v) is 5.59. The maximum absolute atomic E-state index is 10.9. The third-order valence-corrected chi connectivity index (χ3v) is 2.78. The van der Waals surface area contributed by atoms with E-state index in [4.69, 9.17) is 10.2 Å². The molecule has 1 aliphatic rings. The molecule has 0 spiro atoms.